The van der Waals surface area contributed by atoms with E-state index >= 15 is 0 Å². The zero-order chi connectivity index (χ0) is 24.5. The van der Waals surface area contributed by atoms with Crippen LogP contribution in [-0.2, 0) is 11.2 Å². The standard InChI is InChI=1S/C28H40N2O3S/c1-5-7-8-23(31)18-29(15-6-2)19-28(32)30-16-13-27-25(14-17-34-27)26(30)20-33-24-11-9-22(10-12-24)21(3)4/h5,9-12,14,17,21,23,26,31H,1,6-8,13,15-16,18-20H2,2-4H3/t23-,26+/m1/s1. The number of carbonyl (C=O) groups excluding carboxylic acids is 1. The molecule has 0 aliphatic carbocycles. The zero-order valence-electron chi connectivity index (χ0n) is 20.9. The number of rotatable bonds is 13. The van der Waals surface area contributed by atoms with Gasteiger partial charge in [-0.25, -0.2) is 0 Å². The van der Waals surface area contributed by atoms with Gasteiger partial charge in [-0.15, -0.1) is 17.9 Å². The van der Waals surface area contributed by atoms with E-state index in [9.17, 15) is 9.90 Å². The SMILES string of the molecule is C=CCC[C@@H](O)CN(CCC)CC(=O)N1CCc2sccc2[C@@H]1COc1ccc(C(C)C)cc1. The van der Waals surface area contributed by atoms with Crippen LogP contribution in [0.15, 0.2) is 48.4 Å². The van der Waals surface area contributed by atoms with Crippen LogP contribution in [0.2, 0.25) is 0 Å². The van der Waals surface area contributed by atoms with Crippen LogP contribution in [0, 0.1) is 0 Å². The number of ether oxygens (including phenoxy) is 1. The Morgan fingerprint density at radius 2 is 2.09 bits per heavy atom. The van der Waals surface area contributed by atoms with E-state index in [1.807, 2.05) is 23.1 Å². The first-order valence-corrected chi connectivity index (χ1v) is 13.4. The van der Waals surface area contributed by atoms with Crippen molar-refractivity contribution in [2.24, 2.45) is 0 Å². The Kier molecular flexibility index (Phi) is 10.2. The molecule has 0 spiro atoms. The predicted molar refractivity (Wildman–Crippen MR) is 141 cm³/mol. The van der Waals surface area contributed by atoms with Crippen LogP contribution in [0.3, 0.4) is 0 Å². The minimum absolute atomic E-state index is 0.0959. The molecule has 6 heteroatoms. The van der Waals surface area contributed by atoms with Gasteiger partial charge in [-0.1, -0.05) is 39.0 Å². The van der Waals surface area contributed by atoms with E-state index < -0.39 is 6.10 Å². The maximum atomic E-state index is 13.5. The summed E-state index contributed by atoms with van der Waals surface area (Å²) in [5.74, 6) is 1.41. The summed E-state index contributed by atoms with van der Waals surface area (Å²) in [7, 11) is 0. The average molecular weight is 485 g/mol. The van der Waals surface area contributed by atoms with Crippen molar-refractivity contribution in [2.75, 3.05) is 32.8 Å². The Bertz CT molecular complexity index is 909. The lowest BCUT2D eigenvalue weighted by Crippen LogP contribution is -2.47. The first kappa shape index (κ1) is 26.5. The van der Waals surface area contributed by atoms with E-state index in [4.69, 9.17) is 4.74 Å². The van der Waals surface area contributed by atoms with Gasteiger partial charge in [0.2, 0.25) is 5.91 Å². The zero-order valence-corrected chi connectivity index (χ0v) is 21.7. The molecule has 0 saturated carbocycles. The van der Waals surface area contributed by atoms with Crippen LogP contribution in [-0.4, -0.2) is 59.7 Å². The first-order valence-electron chi connectivity index (χ1n) is 12.5. The number of aliphatic hydroxyl groups excluding tert-OH is 1. The third-order valence-corrected chi connectivity index (χ3v) is 7.44. The van der Waals surface area contributed by atoms with Crippen LogP contribution >= 0.6 is 11.3 Å². The van der Waals surface area contributed by atoms with Crippen molar-refractivity contribution in [3.63, 3.8) is 0 Å². The summed E-state index contributed by atoms with van der Waals surface area (Å²) < 4.78 is 6.20. The molecule has 0 radical (unpaired) electrons. The smallest absolute Gasteiger partial charge is 0.237 e. The highest BCUT2D eigenvalue weighted by molar-refractivity contribution is 7.10. The summed E-state index contributed by atoms with van der Waals surface area (Å²) in [6.45, 7) is 13.0. The summed E-state index contributed by atoms with van der Waals surface area (Å²) in [6.07, 6.45) is 4.65. The molecule has 1 aromatic carbocycles. The van der Waals surface area contributed by atoms with Crippen LogP contribution in [0.5, 0.6) is 5.75 Å². The van der Waals surface area contributed by atoms with Crippen LogP contribution in [0.4, 0.5) is 0 Å². The molecule has 5 nitrogen and oxygen atoms in total. The number of benzene rings is 1. The number of nitrogens with zero attached hydrogens (tertiary/aromatic N) is 2. The summed E-state index contributed by atoms with van der Waals surface area (Å²) >= 11 is 1.76. The highest BCUT2D eigenvalue weighted by Crippen LogP contribution is 2.34. The number of amides is 1. The average Bonchev–Trinajstić information content (AvgIpc) is 3.30. The number of hydrogen-bond donors (Lipinski definition) is 1. The maximum absolute atomic E-state index is 13.5. The number of hydrogen-bond acceptors (Lipinski definition) is 5. The minimum atomic E-state index is -0.449. The predicted octanol–water partition coefficient (Wildman–Crippen LogP) is 5.42. The van der Waals surface area contributed by atoms with Gasteiger partial charge < -0.3 is 14.7 Å². The highest BCUT2D eigenvalue weighted by atomic mass is 32.1. The third-order valence-electron chi connectivity index (χ3n) is 6.44. The summed E-state index contributed by atoms with van der Waals surface area (Å²) in [4.78, 5) is 18.9. The minimum Gasteiger partial charge on any atom is -0.491 e. The number of allylic oxidation sites excluding steroid dienone is 1. The molecule has 1 aliphatic rings. The molecule has 1 N–H and O–H groups in total. The molecule has 1 aromatic heterocycles. The van der Waals surface area contributed by atoms with Crippen LogP contribution in [0.25, 0.3) is 0 Å². The van der Waals surface area contributed by atoms with E-state index in [0.717, 1.165) is 31.6 Å². The second-order valence-electron chi connectivity index (χ2n) is 9.44. The van der Waals surface area contributed by atoms with Gasteiger partial charge in [0.05, 0.1) is 18.7 Å². The normalized spacial score (nSPS) is 16.5. The fourth-order valence-electron chi connectivity index (χ4n) is 4.53. The molecule has 2 atom stereocenters. The van der Waals surface area contributed by atoms with E-state index in [-0.39, 0.29) is 11.9 Å². The first-order chi connectivity index (χ1) is 16.4. The van der Waals surface area contributed by atoms with Crippen LogP contribution in [0.1, 0.15) is 68.0 Å². The van der Waals surface area contributed by atoms with Gasteiger partial charge in [-0.2, -0.15) is 0 Å². The van der Waals surface area contributed by atoms with E-state index in [0.29, 0.717) is 38.6 Å². The maximum Gasteiger partial charge on any atom is 0.237 e. The molecule has 2 heterocycles. The Morgan fingerprint density at radius 3 is 2.76 bits per heavy atom. The molecule has 0 unspecified atom stereocenters. The number of thiophene rings is 1. The molecule has 1 amide bonds. The molecular formula is C28H40N2O3S. The lowest BCUT2D eigenvalue weighted by atomic mass is 10.00. The lowest BCUT2D eigenvalue weighted by molar-refractivity contribution is -0.136. The van der Waals surface area contributed by atoms with Crippen molar-refractivity contribution in [1.29, 1.82) is 0 Å². The molecule has 0 bridgehead atoms. The van der Waals surface area contributed by atoms with Crippen molar-refractivity contribution in [2.45, 2.75) is 64.5 Å². The van der Waals surface area contributed by atoms with E-state index in [1.54, 1.807) is 11.3 Å². The molecular weight excluding hydrogens is 444 g/mol. The number of fused-ring (bicyclic) bond motifs is 1. The van der Waals surface area contributed by atoms with Gasteiger partial charge in [-0.05, 0) is 72.9 Å². The van der Waals surface area contributed by atoms with E-state index in [1.165, 1.54) is 16.0 Å². The fourth-order valence-corrected chi connectivity index (χ4v) is 5.46. The van der Waals surface area contributed by atoms with Gasteiger partial charge in [0, 0.05) is 18.0 Å². The topological polar surface area (TPSA) is 53.0 Å². The van der Waals surface area contributed by atoms with Crippen molar-refractivity contribution < 1.29 is 14.6 Å². The lowest BCUT2D eigenvalue weighted by Gasteiger charge is -2.37. The molecule has 2 aromatic rings. The Hall–Kier alpha value is -2.15. The highest BCUT2D eigenvalue weighted by Gasteiger charge is 2.33. The van der Waals surface area contributed by atoms with Crippen molar-refractivity contribution in [1.82, 2.24) is 9.80 Å². The molecule has 1 aliphatic heterocycles. The van der Waals surface area contributed by atoms with Gasteiger partial charge in [0.25, 0.3) is 0 Å². The van der Waals surface area contributed by atoms with E-state index in [2.05, 4.69) is 55.8 Å². The van der Waals surface area contributed by atoms with Gasteiger partial charge in [0.15, 0.2) is 0 Å². The van der Waals surface area contributed by atoms with Crippen molar-refractivity contribution in [3.05, 3.63) is 64.4 Å². The molecule has 3 rings (SSSR count). The van der Waals surface area contributed by atoms with Gasteiger partial charge in [-0.3, -0.25) is 9.69 Å². The van der Waals surface area contributed by atoms with Crippen molar-refractivity contribution in [3.8, 4) is 5.75 Å². The number of carbonyl (C=O) groups is 1. The number of aliphatic hydroxyl groups is 1. The largest absolute Gasteiger partial charge is 0.491 e. The third kappa shape index (κ3) is 7.17. The summed E-state index contributed by atoms with van der Waals surface area (Å²) in [6, 6.07) is 10.3. The fraction of sp³-hybridized carbons (Fsp3) is 0.536. The molecule has 0 fully saturated rings. The van der Waals surface area contributed by atoms with Crippen molar-refractivity contribution >= 4 is 17.2 Å². The second-order valence-corrected chi connectivity index (χ2v) is 10.4. The Morgan fingerprint density at radius 1 is 1.32 bits per heavy atom. The molecule has 0 saturated heterocycles. The molecule has 186 valence electrons. The molecule has 34 heavy (non-hydrogen) atoms. The Labute approximate surface area is 209 Å². The summed E-state index contributed by atoms with van der Waals surface area (Å²) in [5.41, 5.74) is 2.49. The van der Waals surface area contributed by atoms with Crippen LogP contribution < -0.4 is 4.74 Å². The quantitative estimate of drug-likeness (QED) is 0.386. The Balaban J connectivity index is 1.69. The monoisotopic (exact) mass is 484 g/mol. The van der Waals surface area contributed by atoms with Gasteiger partial charge in [0.1, 0.15) is 12.4 Å². The second kappa shape index (κ2) is 13.1. The summed E-state index contributed by atoms with van der Waals surface area (Å²) in [5, 5.41) is 12.5. The van der Waals surface area contributed by atoms with Gasteiger partial charge >= 0.3 is 0 Å².